The molecule has 2 aromatic heterocycles. The van der Waals surface area contributed by atoms with Crippen LogP contribution in [0.25, 0.3) is 86.4 Å². The second-order valence-electron chi connectivity index (χ2n) is 11.0. The molecule has 3 heteroatoms. The van der Waals surface area contributed by atoms with Crippen molar-refractivity contribution < 1.29 is 0 Å². The first-order chi connectivity index (χ1) is 21.3. The summed E-state index contributed by atoms with van der Waals surface area (Å²) >= 11 is 1.73. The molecule has 0 amide bonds. The van der Waals surface area contributed by atoms with E-state index in [1.807, 2.05) is 6.07 Å². The molecular weight excluding hydrogens is 541 g/mol. The van der Waals surface area contributed by atoms with Crippen molar-refractivity contribution in [1.29, 1.82) is 0 Å². The number of fused-ring (bicyclic) bond motifs is 9. The smallest absolute Gasteiger partial charge is 0.161 e. The highest BCUT2D eigenvalue weighted by Gasteiger charge is 2.17. The van der Waals surface area contributed by atoms with Crippen molar-refractivity contribution in [2.45, 2.75) is 0 Å². The van der Waals surface area contributed by atoms with E-state index in [0.717, 1.165) is 38.4 Å². The van der Waals surface area contributed by atoms with Crippen molar-refractivity contribution in [3.63, 3.8) is 0 Å². The van der Waals surface area contributed by atoms with Gasteiger partial charge in [0.2, 0.25) is 0 Å². The third-order valence-electron chi connectivity index (χ3n) is 8.48. The molecule has 0 aliphatic rings. The minimum atomic E-state index is 0.747. The van der Waals surface area contributed by atoms with E-state index in [4.69, 9.17) is 9.97 Å². The number of hydrogen-bond acceptors (Lipinski definition) is 3. The molecule has 0 radical (unpaired) electrons. The molecule has 7 aromatic carbocycles. The van der Waals surface area contributed by atoms with Gasteiger partial charge in [-0.1, -0.05) is 127 Å². The van der Waals surface area contributed by atoms with Gasteiger partial charge in [-0.05, 0) is 61.6 Å². The van der Waals surface area contributed by atoms with E-state index in [1.54, 1.807) is 11.3 Å². The van der Waals surface area contributed by atoms with Gasteiger partial charge in [-0.15, -0.1) is 11.3 Å². The summed E-state index contributed by atoms with van der Waals surface area (Å²) in [5.41, 5.74) is 5.42. The van der Waals surface area contributed by atoms with Crippen LogP contribution in [0, 0.1) is 0 Å². The Morgan fingerprint density at radius 2 is 0.930 bits per heavy atom. The van der Waals surface area contributed by atoms with E-state index in [-0.39, 0.29) is 0 Å². The monoisotopic (exact) mass is 564 g/mol. The van der Waals surface area contributed by atoms with E-state index in [9.17, 15) is 0 Å². The molecule has 0 unspecified atom stereocenters. The molecule has 9 aromatic rings. The Morgan fingerprint density at radius 3 is 1.67 bits per heavy atom. The van der Waals surface area contributed by atoms with Gasteiger partial charge in [0.15, 0.2) is 5.82 Å². The molecular formula is C40H24N2S. The maximum atomic E-state index is 5.22. The number of benzene rings is 7. The average Bonchev–Trinajstić information content (AvgIpc) is 3.47. The second kappa shape index (κ2) is 9.59. The van der Waals surface area contributed by atoms with Crippen LogP contribution in [0.15, 0.2) is 146 Å². The Kier molecular flexibility index (Phi) is 5.40. The van der Waals surface area contributed by atoms with E-state index >= 15 is 0 Å². The Hall–Kier alpha value is -5.38. The highest BCUT2D eigenvalue weighted by atomic mass is 32.1. The molecule has 0 saturated heterocycles. The van der Waals surface area contributed by atoms with Crippen LogP contribution >= 0.6 is 11.3 Å². The molecule has 0 aliphatic heterocycles. The van der Waals surface area contributed by atoms with Gasteiger partial charge in [-0.3, -0.25) is 0 Å². The van der Waals surface area contributed by atoms with Gasteiger partial charge in [-0.25, -0.2) is 9.97 Å². The largest absolute Gasteiger partial charge is 0.227 e. The summed E-state index contributed by atoms with van der Waals surface area (Å²) in [4.78, 5) is 11.4. The van der Waals surface area contributed by atoms with Crippen LogP contribution in [0.3, 0.4) is 0 Å². The predicted molar refractivity (Wildman–Crippen MR) is 184 cm³/mol. The van der Waals surface area contributed by atoms with Gasteiger partial charge >= 0.3 is 0 Å². The molecule has 0 fully saturated rings. The second-order valence-corrected chi connectivity index (χ2v) is 12.0. The SMILES string of the molecule is c1ccc(-c2nc(-c3cccc(-c4ccc5c6ccccc6c6ccccc6c5c4)c3)nc3sc4ccccc4c23)cc1. The normalized spacial score (nSPS) is 11.7. The molecule has 0 spiro atoms. The van der Waals surface area contributed by atoms with Crippen molar-refractivity contribution in [1.82, 2.24) is 9.97 Å². The minimum Gasteiger partial charge on any atom is -0.227 e. The van der Waals surface area contributed by atoms with Crippen LogP contribution in [-0.4, -0.2) is 9.97 Å². The van der Waals surface area contributed by atoms with Gasteiger partial charge < -0.3 is 0 Å². The quantitative estimate of drug-likeness (QED) is 0.199. The zero-order valence-electron chi connectivity index (χ0n) is 23.2. The van der Waals surface area contributed by atoms with Crippen LogP contribution in [0.1, 0.15) is 0 Å². The van der Waals surface area contributed by atoms with Crippen molar-refractivity contribution in [2.75, 3.05) is 0 Å². The first-order valence-corrected chi connectivity index (χ1v) is 15.3. The number of rotatable bonds is 3. The average molecular weight is 565 g/mol. The third-order valence-corrected chi connectivity index (χ3v) is 9.55. The lowest BCUT2D eigenvalue weighted by molar-refractivity contribution is 1.24. The Morgan fingerprint density at radius 1 is 0.372 bits per heavy atom. The van der Waals surface area contributed by atoms with E-state index in [1.165, 1.54) is 48.0 Å². The fraction of sp³-hybridized carbons (Fsp3) is 0. The molecule has 200 valence electrons. The van der Waals surface area contributed by atoms with Gasteiger partial charge in [0.05, 0.1) is 5.69 Å². The fourth-order valence-electron chi connectivity index (χ4n) is 6.48. The van der Waals surface area contributed by atoms with Crippen molar-refractivity contribution >= 4 is 64.0 Å². The Balaban J connectivity index is 1.24. The highest BCUT2D eigenvalue weighted by molar-refractivity contribution is 7.25. The summed E-state index contributed by atoms with van der Waals surface area (Å²) in [5, 5.41) is 10.0. The number of thiophene rings is 1. The van der Waals surface area contributed by atoms with Gasteiger partial charge in [0.25, 0.3) is 0 Å². The lowest BCUT2D eigenvalue weighted by Gasteiger charge is -2.12. The zero-order valence-corrected chi connectivity index (χ0v) is 24.0. The number of aromatic nitrogens is 2. The van der Waals surface area contributed by atoms with E-state index < -0.39 is 0 Å². The maximum absolute atomic E-state index is 5.22. The van der Waals surface area contributed by atoms with E-state index in [2.05, 4.69) is 140 Å². The van der Waals surface area contributed by atoms with Crippen LogP contribution in [0.5, 0.6) is 0 Å². The van der Waals surface area contributed by atoms with E-state index in [0.29, 0.717) is 0 Å². The topological polar surface area (TPSA) is 25.8 Å². The Labute approximate surface area is 252 Å². The van der Waals surface area contributed by atoms with Crippen LogP contribution in [0.4, 0.5) is 0 Å². The van der Waals surface area contributed by atoms with Crippen molar-refractivity contribution in [3.8, 4) is 33.8 Å². The lowest BCUT2D eigenvalue weighted by atomic mass is 9.92. The fourth-order valence-corrected chi connectivity index (χ4v) is 7.56. The van der Waals surface area contributed by atoms with Crippen LogP contribution < -0.4 is 0 Å². The molecule has 2 nitrogen and oxygen atoms in total. The molecule has 0 N–H and O–H groups in total. The maximum Gasteiger partial charge on any atom is 0.161 e. The number of nitrogens with zero attached hydrogens (tertiary/aromatic N) is 2. The molecule has 43 heavy (non-hydrogen) atoms. The summed E-state index contributed by atoms with van der Waals surface area (Å²) < 4.78 is 1.23. The van der Waals surface area contributed by atoms with Crippen LogP contribution in [0.2, 0.25) is 0 Å². The summed E-state index contributed by atoms with van der Waals surface area (Å²) in [6, 6.07) is 52.0. The first-order valence-electron chi connectivity index (χ1n) is 14.5. The zero-order chi connectivity index (χ0) is 28.3. The van der Waals surface area contributed by atoms with Crippen molar-refractivity contribution in [2.24, 2.45) is 0 Å². The third kappa shape index (κ3) is 3.86. The molecule has 0 aliphatic carbocycles. The standard InChI is InChI=1S/C40H24N2S/c1-2-11-25(12-3-1)38-37-34-19-8-9-20-36(34)43-40(37)42-39(41-38)28-14-10-13-26(23-28)27-21-22-33-31-17-5-4-15-29(31)30-16-6-7-18-32(30)35(33)24-27/h1-24H. The summed E-state index contributed by atoms with van der Waals surface area (Å²) in [6.45, 7) is 0. The minimum absolute atomic E-state index is 0.747. The van der Waals surface area contributed by atoms with Gasteiger partial charge in [-0.2, -0.15) is 0 Å². The van der Waals surface area contributed by atoms with Gasteiger partial charge in [0, 0.05) is 26.6 Å². The molecule has 0 bridgehead atoms. The van der Waals surface area contributed by atoms with Crippen molar-refractivity contribution in [3.05, 3.63) is 146 Å². The predicted octanol–water partition coefficient (Wildman–Crippen LogP) is 11.3. The molecule has 9 rings (SSSR count). The summed E-state index contributed by atoms with van der Waals surface area (Å²) in [6.07, 6.45) is 0. The Bertz CT molecular complexity index is 2470. The highest BCUT2D eigenvalue weighted by Crippen LogP contribution is 2.40. The summed E-state index contributed by atoms with van der Waals surface area (Å²) in [7, 11) is 0. The molecule has 0 atom stereocenters. The summed E-state index contributed by atoms with van der Waals surface area (Å²) in [5.74, 6) is 0.747. The molecule has 0 saturated carbocycles. The van der Waals surface area contributed by atoms with Gasteiger partial charge in [0.1, 0.15) is 4.83 Å². The number of hydrogen-bond donors (Lipinski definition) is 0. The van der Waals surface area contributed by atoms with Crippen LogP contribution in [-0.2, 0) is 0 Å². The lowest BCUT2D eigenvalue weighted by Crippen LogP contribution is -1.94. The molecule has 2 heterocycles. The first kappa shape index (κ1) is 24.2.